The van der Waals surface area contributed by atoms with Gasteiger partial charge in [0.15, 0.2) is 5.11 Å². The van der Waals surface area contributed by atoms with Crippen LogP contribution in [0.3, 0.4) is 0 Å². The molecule has 3 aromatic rings. The number of carbonyl (C=O) groups excluding carboxylic acids is 1. The van der Waals surface area contributed by atoms with Crippen molar-refractivity contribution in [3.8, 4) is 0 Å². The van der Waals surface area contributed by atoms with Gasteiger partial charge in [-0.25, -0.2) is 13.2 Å². The van der Waals surface area contributed by atoms with Crippen LogP contribution in [0.25, 0.3) is 0 Å². The standard InChI is InChI=1S/C25H27N3O4S3/c1-16-8-14-19(15-9-16)35(30,31)28-18-12-10-17(11-13-18)26-25(33)27-23-22(24(29)32-2)20-6-4-3-5-7-21(20)34-23/h8-15,28H,3-7H2,1-2H3,(H2,26,27,33). The van der Waals surface area contributed by atoms with Crippen molar-refractivity contribution in [1.82, 2.24) is 0 Å². The Balaban J connectivity index is 1.44. The average molecular weight is 530 g/mol. The van der Waals surface area contributed by atoms with E-state index in [4.69, 9.17) is 17.0 Å². The molecule has 0 saturated carbocycles. The van der Waals surface area contributed by atoms with Gasteiger partial charge in [-0.15, -0.1) is 11.3 Å². The molecule has 0 radical (unpaired) electrons. The van der Waals surface area contributed by atoms with Crippen molar-refractivity contribution < 1.29 is 17.9 Å². The van der Waals surface area contributed by atoms with Crippen molar-refractivity contribution >= 4 is 61.0 Å². The van der Waals surface area contributed by atoms with Crippen molar-refractivity contribution in [3.63, 3.8) is 0 Å². The molecule has 0 saturated heterocycles. The summed E-state index contributed by atoms with van der Waals surface area (Å²) in [6, 6.07) is 13.4. The lowest BCUT2D eigenvalue weighted by Crippen LogP contribution is -2.20. The third kappa shape index (κ3) is 6.01. The second kappa shape index (κ2) is 10.8. The minimum atomic E-state index is -3.68. The molecule has 0 atom stereocenters. The summed E-state index contributed by atoms with van der Waals surface area (Å²) >= 11 is 7.03. The van der Waals surface area contributed by atoms with Crippen LogP contribution in [-0.2, 0) is 27.6 Å². The number of hydrogen-bond acceptors (Lipinski definition) is 6. The molecule has 0 fully saturated rings. The molecule has 10 heteroatoms. The van der Waals surface area contributed by atoms with Crippen molar-refractivity contribution in [2.24, 2.45) is 0 Å². The molecule has 1 aromatic heterocycles. The van der Waals surface area contributed by atoms with E-state index in [1.54, 1.807) is 59.9 Å². The molecule has 0 unspecified atom stereocenters. The SMILES string of the molecule is COC(=O)c1c(NC(=S)Nc2ccc(NS(=O)(=O)c3ccc(C)cc3)cc2)sc2c1CCCCC2. The van der Waals surface area contributed by atoms with Gasteiger partial charge in [0, 0.05) is 16.3 Å². The summed E-state index contributed by atoms with van der Waals surface area (Å²) in [4.78, 5) is 13.9. The monoisotopic (exact) mass is 529 g/mol. The van der Waals surface area contributed by atoms with Crippen LogP contribution in [0.15, 0.2) is 53.4 Å². The number of fused-ring (bicyclic) bond motifs is 1. The third-order valence-corrected chi connectivity index (χ3v) is 8.57. The summed E-state index contributed by atoms with van der Waals surface area (Å²) in [7, 11) is -2.29. The smallest absolute Gasteiger partial charge is 0.341 e. The molecule has 4 rings (SSSR count). The Kier molecular flexibility index (Phi) is 7.73. The number of thiocarbonyl (C=S) groups is 1. The molecule has 0 aliphatic heterocycles. The molecule has 3 N–H and O–H groups in total. The summed E-state index contributed by atoms with van der Waals surface area (Å²) < 4.78 is 32.8. The maximum Gasteiger partial charge on any atom is 0.341 e. The van der Waals surface area contributed by atoms with Crippen molar-refractivity contribution in [2.75, 3.05) is 22.5 Å². The Labute approximate surface area is 215 Å². The highest BCUT2D eigenvalue weighted by molar-refractivity contribution is 7.92. The van der Waals surface area contributed by atoms with E-state index in [2.05, 4.69) is 15.4 Å². The van der Waals surface area contributed by atoms with Crippen LogP contribution in [0.5, 0.6) is 0 Å². The fourth-order valence-electron chi connectivity index (χ4n) is 3.97. The number of esters is 1. The third-order valence-electron chi connectivity index (χ3n) is 5.76. The molecule has 0 spiro atoms. The first-order valence-corrected chi connectivity index (χ1v) is 14.0. The Hall–Kier alpha value is -2.95. The van der Waals surface area contributed by atoms with Crippen LogP contribution in [0.1, 0.15) is 45.6 Å². The van der Waals surface area contributed by atoms with Crippen LogP contribution in [0, 0.1) is 6.92 Å². The first kappa shape index (κ1) is 25.2. The number of anilines is 3. The normalized spacial score (nSPS) is 13.3. The Morgan fingerprint density at radius 3 is 2.29 bits per heavy atom. The van der Waals surface area contributed by atoms with E-state index >= 15 is 0 Å². The summed E-state index contributed by atoms with van der Waals surface area (Å²) in [5.74, 6) is -0.361. The zero-order chi connectivity index (χ0) is 25.0. The minimum Gasteiger partial charge on any atom is -0.465 e. The van der Waals surface area contributed by atoms with Crippen LogP contribution < -0.4 is 15.4 Å². The van der Waals surface area contributed by atoms with Crippen molar-refractivity contribution in [3.05, 3.63) is 70.1 Å². The Morgan fingerprint density at radius 2 is 1.60 bits per heavy atom. The van der Waals surface area contributed by atoms with Gasteiger partial charge in [-0.05, 0) is 86.8 Å². The molecule has 7 nitrogen and oxygen atoms in total. The first-order chi connectivity index (χ1) is 16.8. The fraction of sp³-hybridized carbons (Fsp3) is 0.280. The number of benzene rings is 2. The summed E-state index contributed by atoms with van der Waals surface area (Å²) in [5.41, 5.74) is 3.73. The number of ether oxygens (including phenoxy) is 1. The summed E-state index contributed by atoms with van der Waals surface area (Å²) in [6.07, 6.45) is 5.12. The zero-order valence-electron chi connectivity index (χ0n) is 19.5. The topological polar surface area (TPSA) is 96.5 Å². The number of methoxy groups -OCH3 is 1. The predicted molar refractivity (Wildman–Crippen MR) is 145 cm³/mol. The van der Waals surface area contributed by atoms with E-state index in [0.717, 1.165) is 43.2 Å². The van der Waals surface area contributed by atoms with E-state index in [1.807, 2.05) is 6.92 Å². The number of sulfonamides is 1. The second-order valence-corrected chi connectivity index (χ2v) is 11.5. The molecular weight excluding hydrogens is 502 g/mol. The van der Waals surface area contributed by atoms with Crippen LogP contribution in [0.2, 0.25) is 0 Å². The van der Waals surface area contributed by atoms with E-state index in [0.29, 0.717) is 27.1 Å². The largest absolute Gasteiger partial charge is 0.465 e. The lowest BCUT2D eigenvalue weighted by Gasteiger charge is -2.12. The van der Waals surface area contributed by atoms with Gasteiger partial charge in [0.2, 0.25) is 0 Å². The number of rotatable bonds is 6. The molecular formula is C25H27N3O4S3. The van der Waals surface area contributed by atoms with Gasteiger partial charge in [0.25, 0.3) is 10.0 Å². The van der Waals surface area contributed by atoms with Gasteiger partial charge in [-0.1, -0.05) is 24.1 Å². The Bertz CT molecular complexity index is 1330. The van der Waals surface area contributed by atoms with Gasteiger partial charge < -0.3 is 15.4 Å². The van der Waals surface area contributed by atoms with Crippen LogP contribution in [0.4, 0.5) is 16.4 Å². The maximum absolute atomic E-state index is 12.6. The molecule has 184 valence electrons. The molecule has 0 amide bonds. The number of thiophene rings is 1. The average Bonchev–Trinajstić information content (AvgIpc) is 2.99. The number of nitrogens with one attached hydrogen (secondary N) is 3. The highest BCUT2D eigenvalue weighted by atomic mass is 32.2. The molecule has 1 aliphatic carbocycles. The van der Waals surface area contributed by atoms with E-state index < -0.39 is 10.0 Å². The van der Waals surface area contributed by atoms with Gasteiger partial charge >= 0.3 is 5.97 Å². The second-order valence-electron chi connectivity index (χ2n) is 8.34. The highest BCUT2D eigenvalue weighted by Crippen LogP contribution is 2.38. The molecule has 1 aliphatic rings. The number of carbonyl (C=O) groups is 1. The van der Waals surface area contributed by atoms with E-state index in [1.165, 1.54) is 12.0 Å². The van der Waals surface area contributed by atoms with Crippen LogP contribution in [-0.4, -0.2) is 26.6 Å². The van der Waals surface area contributed by atoms with E-state index in [9.17, 15) is 13.2 Å². The molecule has 2 aromatic carbocycles. The Morgan fingerprint density at radius 1 is 0.943 bits per heavy atom. The van der Waals surface area contributed by atoms with Gasteiger partial charge in [-0.2, -0.15) is 0 Å². The van der Waals surface area contributed by atoms with Crippen molar-refractivity contribution in [1.29, 1.82) is 0 Å². The predicted octanol–water partition coefficient (Wildman–Crippen LogP) is 5.72. The summed E-state index contributed by atoms with van der Waals surface area (Å²) in [5, 5.41) is 7.27. The quantitative estimate of drug-likeness (QED) is 0.213. The van der Waals surface area contributed by atoms with Gasteiger partial charge in [-0.3, -0.25) is 4.72 Å². The molecule has 35 heavy (non-hydrogen) atoms. The molecule has 0 bridgehead atoms. The van der Waals surface area contributed by atoms with Gasteiger partial charge in [0.1, 0.15) is 5.00 Å². The number of aryl methyl sites for hydroxylation is 2. The first-order valence-electron chi connectivity index (χ1n) is 11.3. The minimum absolute atomic E-state index is 0.200. The maximum atomic E-state index is 12.6. The van der Waals surface area contributed by atoms with Crippen LogP contribution >= 0.6 is 23.6 Å². The highest BCUT2D eigenvalue weighted by Gasteiger charge is 2.25. The summed E-state index contributed by atoms with van der Waals surface area (Å²) in [6.45, 7) is 1.90. The van der Waals surface area contributed by atoms with E-state index in [-0.39, 0.29) is 10.9 Å². The molecule has 1 heterocycles. The fourth-order valence-corrected chi connectivity index (χ4v) is 6.59. The van der Waals surface area contributed by atoms with Gasteiger partial charge in [0.05, 0.1) is 17.6 Å². The zero-order valence-corrected chi connectivity index (χ0v) is 22.0. The number of hydrogen-bond donors (Lipinski definition) is 3. The van der Waals surface area contributed by atoms with Crippen molar-refractivity contribution in [2.45, 2.75) is 43.9 Å². The lowest BCUT2D eigenvalue weighted by molar-refractivity contribution is 0.0601. The lowest BCUT2D eigenvalue weighted by atomic mass is 10.1.